The van der Waals surface area contributed by atoms with Crippen LogP contribution in [0.5, 0.6) is 0 Å². The predicted octanol–water partition coefficient (Wildman–Crippen LogP) is 1.30. The maximum absolute atomic E-state index is 12.0. The van der Waals surface area contributed by atoms with Gasteiger partial charge in [0.05, 0.1) is 10.5 Å². The highest BCUT2D eigenvalue weighted by Crippen LogP contribution is 2.20. The third-order valence-electron chi connectivity index (χ3n) is 3.28. The van der Waals surface area contributed by atoms with E-state index in [-0.39, 0.29) is 5.56 Å². The van der Waals surface area contributed by atoms with Gasteiger partial charge < -0.3 is 5.21 Å². The molecule has 0 unspecified atom stereocenters. The van der Waals surface area contributed by atoms with Gasteiger partial charge in [-0.15, -0.1) is 0 Å². The minimum Gasteiger partial charge on any atom is -0.623 e. The van der Waals surface area contributed by atoms with E-state index in [0.717, 1.165) is 18.3 Å². The van der Waals surface area contributed by atoms with Crippen molar-refractivity contribution in [2.45, 2.75) is 42.5 Å². The van der Waals surface area contributed by atoms with Crippen LogP contribution < -0.4 is 0 Å². The lowest BCUT2D eigenvalue weighted by Crippen LogP contribution is -2.32. The quantitative estimate of drug-likeness (QED) is 0.268. The van der Waals surface area contributed by atoms with Crippen molar-refractivity contribution in [3.8, 4) is 0 Å². The Labute approximate surface area is 129 Å². The smallest absolute Gasteiger partial charge is 0.295 e. The summed E-state index contributed by atoms with van der Waals surface area (Å²) in [7, 11) is -9.43. The number of hydroxylamine groups is 1. The van der Waals surface area contributed by atoms with Crippen LogP contribution >= 0.6 is 0 Å². The van der Waals surface area contributed by atoms with Gasteiger partial charge in [-0.1, -0.05) is 6.92 Å². The van der Waals surface area contributed by atoms with Gasteiger partial charge >= 0.3 is 0 Å². The average molecular weight is 351 g/mol. The van der Waals surface area contributed by atoms with Gasteiger partial charge in [0.1, 0.15) is 4.90 Å². The number of rotatable bonds is 5. The fourth-order valence-corrected chi connectivity index (χ4v) is 2.74. The molecule has 1 aromatic carbocycles. The molecule has 1 rings (SSSR count). The fourth-order valence-electron chi connectivity index (χ4n) is 1.46. The molecule has 22 heavy (non-hydrogen) atoms. The molecule has 0 saturated heterocycles. The molecule has 0 radical (unpaired) electrons. The summed E-state index contributed by atoms with van der Waals surface area (Å²) >= 11 is 0. The predicted molar refractivity (Wildman–Crippen MR) is 79.2 cm³/mol. The number of nitrogens with zero attached hydrogens (tertiary/aromatic N) is 1. The zero-order valence-corrected chi connectivity index (χ0v) is 13.8. The molecule has 0 amide bonds. The van der Waals surface area contributed by atoms with Crippen LogP contribution in [0.4, 0.5) is 0 Å². The Morgan fingerprint density at radius 2 is 1.73 bits per heavy atom. The van der Waals surface area contributed by atoms with E-state index in [2.05, 4.69) is 0 Å². The van der Waals surface area contributed by atoms with Crippen molar-refractivity contribution in [3.05, 3.63) is 29.0 Å². The van der Waals surface area contributed by atoms with Crippen LogP contribution in [0.25, 0.3) is 0 Å². The van der Waals surface area contributed by atoms with Gasteiger partial charge in [-0.25, -0.2) is 4.74 Å². The highest BCUT2D eigenvalue weighted by atomic mass is 32.2. The van der Waals surface area contributed by atoms with Gasteiger partial charge in [0.15, 0.2) is 11.8 Å². The first-order chi connectivity index (χ1) is 9.79. The molecule has 8 nitrogen and oxygen atoms in total. The molecule has 10 heteroatoms. The van der Waals surface area contributed by atoms with Gasteiger partial charge in [0.25, 0.3) is 20.2 Å². The maximum Gasteiger partial charge on any atom is 0.295 e. The summed E-state index contributed by atoms with van der Waals surface area (Å²) in [5.74, 6) is 0. The fraction of sp³-hybridized carbons (Fsp3) is 0.417. The second-order valence-corrected chi connectivity index (χ2v) is 8.08. The molecule has 0 saturated carbocycles. The molecular weight excluding hydrogens is 334 g/mol. The minimum absolute atomic E-state index is 0.188. The molecule has 0 spiro atoms. The molecule has 0 aliphatic carbocycles. The van der Waals surface area contributed by atoms with E-state index in [0.29, 0.717) is 17.2 Å². The largest absolute Gasteiger partial charge is 0.623 e. The highest BCUT2D eigenvalue weighted by Gasteiger charge is 2.26. The molecule has 0 aliphatic heterocycles. The topological polar surface area (TPSA) is 135 Å². The third kappa shape index (κ3) is 4.26. The summed E-state index contributed by atoms with van der Waals surface area (Å²) in [6.45, 7) is 5.04. The van der Waals surface area contributed by atoms with Crippen molar-refractivity contribution >= 4 is 26.5 Å². The number of benzene rings is 1. The van der Waals surface area contributed by atoms with Crippen molar-refractivity contribution < 1.29 is 30.7 Å². The first kappa shape index (κ1) is 18.6. The van der Waals surface area contributed by atoms with Crippen molar-refractivity contribution in [3.63, 3.8) is 0 Å². The van der Waals surface area contributed by atoms with E-state index in [1.165, 1.54) is 0 Å². The minimum atomic E-state index is -4.79. The van der Waals surface area contributed by atoms with Crippen LogP contribution in [0.15, 0.2) is 28.0 Å². The van der Waals surface area contributed by atoms with Crippen LogP contribution in [0.3, 0.4) is 0 Å². The van der Waals surface area contributed by atoms with Crippen LogP contribution in [-0.2, 0) is 20.2 Å². The number of hydrogen-bond donors (Lipinski definition) is 2. The maximum atomic E-state index is 12.0. The molecule has 0 aromatic heterocycles. The average Bonchev–Trinajstić information content (AvgIpc) is 2.36. The van der Waals surface area contributed by atoms with Crippen LogP contribution in [0, 0.1) is 5.21 Å². The zero-order valence-electron chi connectivity index (χ0n) is 12.2. The van der Waals surface area contributed by atoms with E-state index < -0.39 is 35.6 Å². The Bertz CT molecular complexity index is 808. The van der Waals surface area contributed by atoms with Gasteiger partial charge in [-0.2, -0.15) is 16.8 Å². The van der Waals surface area contributed by atoms with E-state index in [1.807, 2.05) is 0 Å². The molecule has 124 valence electrons. The van der Waals surface area contributed by atoms with Crippen molar-refractivity contribution in [2.24, 2.45) is 0 Å². The first-order valence-corrected chi connectivity index (χ1v) is 9.07. The molecule has 0 heterocycles. The Hall–Kier alpha value is -1.49. The summed E-state index contributed by atoms with van der Waals surface area (Å²) in [6, 6.07) is 2.54. The molecule has 0 atom stereocenters. The lowest BCUT2D eigenvalue weighted by molar-refractivity contribution is -0.536. The van der Waals surface area contributed by atoms with E-state index in [9.17, 15) is 26.6 Å². The van der Waals surface area contributed by atoms with E-state index in [4.69, 9.17) is 4.55 Å². The molecule has 0 fully saturated rings. The molecule has 0 aliphatic rings. The lowest BCUT2D eigenvalue weighted by Gasteiger charge is -2.22. The summed E-state index contributed by atoms with van der Waals surface area (Å²) in [5.41, 5.74) is -1.01. The molecule has 1 aromatic rings. The van der Waals surface area contributed by atoms with E-state index >= 15 is 0 Å². The van der Waals surface area contributed by atoms with Crippen LogP contribution in [0.1, 0.15) is 32.8 Å². The Morgan fingerprint density at radius 3 is 2.14 bits per heavy atom. The van der Waals surface area contributed by atoms with Gasteiger partial charge in [-0.3, -0.25) is 9.11 Å². The van der Waals surface area contributed by atoms with Crippen LogP contribution in [-0.4, -0.2) is 42.4 Å². The third-order valence-corrected chi connectivity index (χ3v) is 5.04. The highest BCUT2D eigenvalue weighted by molar-refractivity contribution is 7.86. The molecular formula is C12H17NO7S2. The molecule has 2 N–H and O–H groups in total. The van der Waals surface area contributed by atoms with Gasteiger partial charge in [0.2, 0.25) is 0 Å². The molecule has 0 bridgehead atoms. The monoisotopic (exact) mass is 351 g/mol. The summed E-state index contributed by atoms with van der Waals surface area (Å²) < 4.78 is 63.5. The SMILES string of the molecule is CCC(C)(C)/[N+]([O-])=C/c1ccc(S(=O)(=O)O)cc1S(=O)(=O)O. The van der Waals surface area contributed by atoms with Crippen molar-refractivity contribution in [1.82, 2.24) is 0 Å². The van der Waals surface area contributed by atoms with Crippen LogP contribution in [0.2, 0.25) is 0 Å². The van der Waals surface area contributed by atoms with Crippen molar-refractivity contribution in [1.29, 1.82) is 0 Å². The van der Waals surface area contributed by atoms with E-state index in [1.54, 1.807) is 20.8 Å². The summed E-state index contributed by atoms with van der Waals surface area (Å²) in [5, 5.41) is 12.0. The second-order valence-electron chi connectivity index (χ2n) is 5.27. The summed E-state index contributed by atoms with van der Waals surface area (Å²) in [4.78, 5) is -1.49. The normalized spacial score (nSPS) is 14.1. The Kier molecular flexibility index (Phi) is 5.02. The Morgan fingerprint density at radius 1 is 1.18 bits per heavy atom. The number of hydrogen-bond acceptors (Lipinski definition) is 5. The summed E-state index contributed by atoms with van der Waals surface area (Å²) in [6.07, 6.45) is 1.41. The Balaban J connectivity index is 3.61. The standard InChI is InChI=1S/C12H17NO7S2/c1-4-12(2,3)13(14)8-9-5-6-10(21(15,16)17)7-11(9)22(18,19)20/h5-8H,4H2,1-3H3,(H,15,16,17)(H,18,19,20)/b13-8-. The second kappa shape index (κ2) is 5.95. The lowest BCUT2D eigenvalue weighted by atomic mass is 10.0. The van der Waals surface area contributed by atoms with Gasteiger partial charge in [0, 0.05) is 20.3 Å². The zero-order chi connectivity index (χ0) is 17.3. The van der Waals surface area contributed by atoms with Gasteiger partial charge in [-0.05, 0) is 18.2 Å². The first-order valence-electron chi connectivity index (χ1n) is 6.19. The van der Waals surface area contributed by atoms with Crippen molar-refractivity contribution in [2.75, 3.05) is 0 Å².